The lowest BCUT2D eigenvalue weighted by molar-refractivity contribution is 0.627. The SMILES string of the molecule is CCn1nc(CN)c2c1CSC2. The second-order valence-corrected chi connectivity index (χ2v) is 3.87. The third kappa shape index (κ3) is 1.06. The highest BCUT2D eigenvalue weighted by Gasteiger charge is 2.20. The second kappa shape index (κ2) is 3.11. The molecule has 2 rings (SSSR count). The number of aryl methyl sites for hydroxylation is 1. The van der Waals surface area contributed by atoms with Gasteiger partial charge >= 0.3 is 0 Å². The van der Waals surface area contributed by atoms with E-state index in [0.29, 0.717) is 6.54 Å². The van der Waals surface area contributed by atoms with Crippen LogP contribution in [-0.2, 0) is 24.6 Å². The van der Waals surface area contributed by atoms with Crippen LogP contribution in [0, 0.1) is 0 Å². The Balaban J connectivity index is 2.47. The van der Waals surface area contributed by atoms with E-state index in [1.165, 1.54) is 11.3 Å². The van der Waals surface area contributed by atoms with E-state index < -0.39 is 0 Å². The summed E-state index contributed by atoms with van der Waals surface area (Å²) in [7, 11) is 0. The first-order valence-corrected chi connectivity index (χ1v) is 5.37. The Morgan fingerprint density at radius 3 is 3.08 bits per heavy atom. The number of rotatable bonds is 2. The predicted octanol–water partition coefficient (Wildman–Crippen LogP) is 1.11. The molecule has 2 heterocycles. The van der Waals surface area contributed by atoms with E-state index in [1.807, 2.05) is 11.8 Å². The number of fused-ring (bicyclic) bond motifs is 1. The first-order chi connectivity index (χ1) is 5.86. The van der Waals surface area contributed by atoms with Gasteiger partial charge in [-0.2, -0.15) is 16.9 Å². The number of hydrogen-bond acceptors (Lipinski definition) is 3. The van der Waals surface area contributed by atoms with Crippen molar-refractivity contribution < 1.29 is 0 Å². The molecule has 3 nitrogen and oxygen atoms in total. The zero-order valence-corrected chi connectivity index (χ0v) is 8.02. The molecule has 0 bridgehead atoms. The zero-order valence-electron chi connectivity index (χ0n) is 7.21. The highest BCUT2D eigenvalue weighted by molar-refractivity contribution is 7.98. The van der Waals surface area contributed by atoms with Crippen molar-refractivity contribution >= 4 is 11.8 Å². The summed E-state index contributed by atoms with van der Waals surface area (Å²) in [5.41, 5.74) is 9.48. The minimum absolute atomic E-state index is 0.579. The minimum atomic E-state index is 0.579. The van der Waals surface area contributed by atoms with Gasteiger partial charge in [-0.1, -0.05) is 0 Å². The zero-order chi connectivity index (χ0) is 8.55. The molecule has 0 amide bonds. The number of nitrogens with zero attached hydrogens (tertiary/aromatic N) is 2. The second-order valence-electron chi connectivity index (χ2n) is 2.88. The smallest absolute Gasteiger partial charge is 0.0803 e. The fraction of sp³-hybridized carbons (Fsp3) is 0.625. The van der Waals surface area contributed by atoms with Gasteiger partial charge in [0.1, 0.15) is 0 Å². The van der Waals surface area contributed by atoms with Crippen LogP contribution < -0.4 is 5.73 Å². The van der Waals surface area contributed by atoms with Crippen molar-refractivity contribution in [2.45, 2.75) is 31.5 Å². The van der Waals surface area contributed by atoms with Crippen LogP contribution >= 0.6 is 11.8 Å². The molecule has 0 saturated carbocycles. The van der Waals surface area contributed by atoms with Gasteiger partial charge in [-0.15, -0.1) is 0 Å². The van der Waals surface area contributed by atoms with Crippen LogP contribution in [0.5, 0.6) is 0 Å². The molecule has 12 heavy (non-hydrogen) atoms. The molecule has 1 aliphatic rings. The molecule has 1 aromatic heterocycles. The number of hydrogen-bond donors (Lipinski definition) is 1. The lowest BCUT2D eigenvalue weighted by Crippen LogP contribution is -2.03. The molecule has 0 saturated heterocycles. The average Bonchev–Trinajstić information content (AvgIpc) is 2.63. The lowest BCUT2D eigenvalue weighted by atomic mass is 10.2. The van der Waals surface area contributed by atoms with Gasteiger partial charge in [0.15, 0.2) is 0 Å². The van der Waals surface area contributed by atoms with E-state index in [1.54, 1.807) is 0 Å². The first-order valence-electron chi connectivity index (χ1n) is 4.22. The lowest BCUT2D eigenvalue weighted by Gasteiger charge is -1.98. The van der Waals surface area contributed by atoms with Crippen LogP contribution in [-0.4, -0.2) is 9.78 Å². The van der Waals surface area contributed by atoms with Crippen LogP contribution in [0.3, 0.4) is 0 Å². The van der Waals surface area contributed by atoms with Gasteiger partial charge in [-0.25, -0.2) is 0 Å². The molecule has 0 atom stereocenters. The van der Waals surface area contributed by atoms with Gasteiger partial charge in [0.25, 0.3) is 0 Å². The predicted molar refractivity (Wildman–Crippen MR) is 50.8 cm³/mol. The standard InChI is InChI=1S/C8H13N3S/c1-2-11-8-5-12-4-6(8)7(3-9)10-11/h2-5,9H2,1H3. The van der Waals surface area contributed by atoms with Crippen molar-refractivity contribution in [3.63, 3.8) is 0 Å². The molecule has 0 aromatic carbocycles. The molecule has 4 heteroatoms. The van der Waals surface area contributed by atoms with Crippen LogP contribution in [0.4, 0.5) is 0 Å². The average molecular weight is 183 g/mol. The first kappa shape index (κ1) is 8.13. The summed E-state index contributed by atoms with van der Waals surface area (Å²) in [6.45, 7) is 3.66. The summed E-state index contributed by atoms with van der Waals surface area (Å²) in [5.74, 6) is 2.21. The van der Waals surface area contributed by atoms with E-state index in [0.717, 1.165) is 23.7 Å². The number of nitrogens with two attached hydrogens (primary N) is 1. The monoisotopic (exact) mass is 183 g/mol. The fourth-order valence-corrected chi connectivity index (χ4v) is 2.75. The Labute approximate surface area is 76.3 Å². The highest BCUT2D eigenvalue weighted by atomic mass is 32.2. The maximum absolute atomic E-state index is 5.61. The fourth-order valence-electron chi connectivity index (χ4n) is 1.59. The van der Waals surface area contributed by atoms with E-state index in [4.69, 9.17) is 5.73 Å². The summed E-state index contributed by atoms with van der Waals surface area (Å²) in [6, 6.07) is 0. The Kier molecular flexibility index (Phi) is 2.11. The molecule has 0 unspecified atom stereocenters. The molecule has 2 N–H and O–H groups in total. The summed E-state index contributed by atoms with van der Waals surface area (Å²) < 4.78 is 2.08. The van der Waals surface area contributed by atoms with Gasteiger partial charge in [0.2, 0.25) is 0 Å². The van der Waals surface area contributed by atoms with Crippen molar-refractivity contribution in [1.82, 2.24) is 9.78 Å². The minimum Gasteiger partial charge on any atom is -0.325 e. The van der Waals surface area contributed by atoms with Crippen molar-refractivity contribution in [3.8, 4) is 0 Å². The molecule has 0 spiro atoms. The van der Waals surface area contributed by atoms with Crippen LogP contribution in [0.1, 0.15) is 23.9 Å². The third-order valence-corrected chi connectivity index (χ3v) is 3.20. The molecular weight excluding hydrogens is 170 g/mol. The van der Waals surface area contributed by atoms with E-state index >= 15 is 0 Å². The molecule has 0 radical (unpaired) electrons. The Hall–Kier alpha value is -0.480. The van der Waals surface area contributed by atoms with Crippen LogP contribution in [0.2, 0.25) is 0 Å². The topological polar surface area (TPSA) is 43.8 Å². The summed E-state index contributed by atoms with van der Waals surface area (Å²) in [6.07, 6.45) is 0. The van der Waals surface area contributed by atoms with Gasteiger partial charge in [-0.05, 0) is 6.92 Å². The van der Waals surface area contributed by atoms with Crippen molar-refractivity contribution in [3.05, 3.63) is 17.0 Å². The molecule has 0 aliphatic carbocycles. The Bertz CT molecular complexity index is 266. The molecule has 0 fully saturated rings. The third-order valence-electron chi connectivity index (χ3n) is 2.23. The van der Waals surface area contributed by atoms with Gasteiger partial charge < -0.3 is 5.73 Å². The normalized spacial score (nSPS) is 15.2. The van der Waals surface area contributed by atoms with E-state index in [2.05, 4.69) is 16.7 Å². The van der Waals surface area contributed by atoms with Crippen molar-refractivity contribution in [2.24, 2.45) is 5.73 Å². The summed E-state index contributed by atoms with van der Waals surface area (Å²) in [4.78, 5) is 0. The number of thioether (sulfide) groups is 1. The van der Waals surface area contributed by atoms with Crippen molar-refractivity contribution in [1.29, 1.82) is 0 Å². The summed E-state index contributed by atoms with van der Waals surface area (Å²) in [5, 5.41) is 4.45. The highest BCUT2D eigenvalue weighted by Crippen LogP contribution is 2.31. The maximum atomic E-state index is 5.61. The van der Waals surface area contributed by atoms with Crippen LogP contribution in [0.15, 0.2) is 0 Å². The molecule has 1 aromatic rings. The maximum Gasteiger partial charge on any atom is 0.0803 e. The summed E-state index contributed by atoms with van der Waals surface area (Å²) >= 11 is 1.95. The quantitative estimate of drug-likeness (QED) is 0.747. The van der Waals surface area contributed by atoms with E-state index in [9.17, 15) is 0 Å². The Morgan fingerprint density at radius 1 is 1.58 bits per heavy atom. The molecule has 1 aliphatic heterocycles. The number of aromatic nitrogens is 2. The molecule has 66 valence electrons. The Morgan fingerprint density at radius 2 is 2.42 bits per heavy atom. The van der Waals surface area contributed by atoms with Gasteiger partial charge in [-0.3, -0.25) is 4.68 Å². The van der Waals surface area contributed by atoms with Gasteiger partial charge in [0, 0.05) is 30.2 Å². The van der Waals surface area contributed by atoms with Crippen molar-refractivity contribution in [2.75, 3.05) is 0 Å². The largest absolute Gasteiger partial charge is 0.325 e. The molecular formula is C8H13N3S. The van der Waals surface area contributed by atoms with Crippen LogP contribution in [0.25, 0.3) is 0 Å². The van der Waals surface area contributed by atoms with Gasteiger partial charge in [0.05, 0.1) is 11.4 Å². The van der Waals surface area contributed by atoms with E-state index in [-0.39, 0.29) is 0 Å².